The first kappa shape index (κ1) is 13.2. The van der Waals surface area contributed by atoms with Crippen LogP contribution < -0.4 is 0 Å². The molecule has 0 unspecified atom stereocenters. The molecule has 0 aliphatic heterocycles. The van der Waals surface area contributed by atoms with E-state index < -0.39 is 0 Å². The zero-order chi connectivity index (χ0) is 12.1. The van der Waals surface area contributed by atoms with Gasteiger partial charge in [0.05, 0.1) is 0 Å². The zero-order valence-electron chi connectivity index (χ0n) is 10.7. The third-order valence-corrected chi connectivity index (χ3v) is 4.52. The minimum absolute atomic E-state index is 0.363. The van der Waals surface area contributed by atoms with E-state index in [1.807, 2.05) is 0 Å². The van der Waals surface area contributed by atoms with Crippen molar-refractivity contribution >= 4 is 17.5 Å². The third kappa shape index (κ3) is 3.61. The quantitative estimate of drug-likeness (QED) is 0.690. The van der Waals surface area contributed by atoms with Crippen molar-refractivity contribution in [2.75, 3.05) is 12.4 Å². The standard InChI is InChI=1S/C14H24ClNO/c15-9-10-16(13-7-4-8-13)14(17)11-12-5-2-1-3-6-12/h12-13H,1-11H2. The van der Waals surface area contributed by atoms with Crippen LogP contribution in [0, 0.1) is 5.92 Å². The Morgan fingerprint density at radius 3 is 2.29 bits per heavy atom. The lowest BCUT2D eigenvalue weighted by molar-refractivity contribution is -0.136. The van der Waals surface area contributed by atoms with Crippen molar-refractivity contribution in [1.29, 1.82) is 0 Å². The summed E-state index contributed by atoms with van der Waals surface area (Å²) in [6.07, 6.45) is 10.9. The number of amides is 1. The van der Waals surface area contributed by atoms with Crippen LogP contribution in [0.3, 0.4) is 0 Å². The summed E-state index contributed by atoms with van der Waals surface area (Å²) in [5, 5.41) is 0. The predicted molar refractivity (Wildman–Crippen MR) is 71.3 cm³/mol. The van der Waals surface area contributed by atoms with Crippen LogP contribution in [-0.2, 0) is 4.79 Å². The van der Waals surface area contributed by atoms with E-state index in [4.69, 9.17) is 11.6 Å². The van der Waals surface area contributed by atoms with Crippen molar-refractivity contribution in [3.05, 3.63) is 0 Å². The molecule has 2 aliphatic carbocycles. The highest BCUT2D eigenvalue weighted by Crippen LogP contribution is 2.30. The highest BCUT2D eigenvalue weighted by molar-refractivity contribution is 6.18. The summed E-state index contributed by atoms with van der Waals surface area (Å²) in [5.74, 6) is 1.59. The summed E-state index contributed by atoms with van der Waals surface area (Å²) in [7, 11) is 0. The molecule has 2 fully saturated rings. The molecule has 0 spiro atoms. The first-order chi connectivity index (χ1) is 8.31. The molecule has 1 amide bonds. The van der Waals surface area contributed by atoms with Gasteiger partial charge >= 0.3 is 0 Å². The maximum absolute atomic E-state index is 12.3. The van der Waals surface area contributed by atoms with Gasteiger partial charge in [0.15, 0.2) is 0 Å². The Labute approximate surface area is 110 Å². The van der Waals surface area contributed by atoms with Gasteiger partial charge < -0.3 is 4.90 Å². The topological polar surface area (TPSA) is 20.3 Å². The first-order valence-corrected chi connectivity index (χ1v) is 7.70. The largest absolute Gasteiger partial charge is 0.339 e. The van der Waals surface area contributed by atoms with Crippen molar-refractivity contribution in [1.82, 2.24) is 4.90 Å². The maximum atomic E-state index is 12.3. The van der Waals surface area contributed by atoms with E-state index in [-0.39, 0.29) is 0 Å². The lowest BCUT2D eigenvalue weighted by atomic mass is 9.85. The van der Waals surface area contributed by atoms with Gasteiger partial charge in [0.25, 0.3) is 0 Å². The molecular weight excluding hydrogens is 234 g/mol. The fourth-order valence-electron chi connectivity index (χ4n) is 3.06. The SMILES string of the molecule is O=C(CC1CCCCC1)N(CCCl)C1CCC1. The van der Waals surface area contributed by atoms with E-state index in [9.17, 15) is 4.79 Å². The summed E-state index contributed by atoms with van der Waals surface area (Å²) in [6.45, 7) is 0.748. The second-order valence-corrected chi connectivity index (χ2v) is 5.95. The Bertz CT molecular complexity index is 247. The number of hydrogen-bond acceptors (Lipinski definition) is 1. The molecule has 98 valence electrons. The predicted octanol–water partition coefficient (Wildman–Crippen LogP) is 3.58. The first-order valence-electron chi connectivity index (χ1n) is 7.16. The van der Waals surface area contributed by atoms with Gasteiger partial charge in [-0.25, -0.2) is 0 Å². The number of carbonyl (C=O) groups is 1. The number of halogens is 1. The van der Waals surface area contributed by atoms with E-state index in [1.165, 1.54) is 51.4 Å². The molecule has 0 N–H and O–H groups in total. The van der Waals surface area contributed by atoms with Crippen LogP contribution in [0.2, 0.25) is 0 Å². The Balaban J connectivity index is 1.81. The molecule has 2 saturated carbocycles. The van der Waals surface area contributed by atoms with Gasteiger partial charge in [0.1, 0.15) is 0 Å². The van der Waals surface area contributed by atoms with Crippen LogP contribution in [-0.4, -0.2) is 29.3 Å². The smallest absolute Gasteiger partial charge is 0.223 e. The molecular formula is C14H24ClNO. The summed E-state index contributed by atoms with van der Waals surface area (Å²) >= 11 is 5.81. The average Bonchev–Trinajstić information content (AvgIpc) is 2.27. The van der Waals surface area contributed by atoms with Gasteiger partial charge in [-0.1, -0.05) is 19.3 Å². The molecule has 0 heterocycles. The van der Waals surface area contributed by atoms with Crippen molar-refractivity contribution in [2.24, 2.45) is 5.92 Å². The summed E-state index contributed by atoms with van der Waals surface area (Å²) in [5.41, 5.74) is 0. The summed E-state index contributed by atoms with van der Waals surface area (Å²) in [6, 6.07) is 0.504. The lowest BCUT2D eigenvalue weighted by Crippen LogP contribution is -2.45. The molecule has 0 saturated heterocycles. The van der Waals surface area contributed by atoms with Crippen LogP contribution in [0.15, 0.2) is 0 Å². The molecule has 3 heteroatoms. The highest BCUT2D eigenvalue weighted by Gasteiger charge is 2.29. The number of nitrogens with zero attached hydrogens (tertiary/aromatic N) is 1. The van der Waals surface area contributed by atoms with Gasteiger partial charge in [-0.05, 0) is 38.0 Å². The van der Waals surface area contributed by atoms with E-state index in [0.29, 0.717) is 23.7 Å². The van der Waals surface area contributed by atoms with Crippen molar-refractivity contribution < 1.29 is 4.79 Å². The molecule has 0 aromatic heterocycles. The van der Waals surface area contributed by atoms with Gasteiger partial charge in [0.2, 0.25) is 5.91 Å². The molecule has 2 nitrogen and oxygen atoms in total. The molecule has 2 rings (SSSR count). The van der Waals surface area contributed by atoms with Crippen molar-refractivity contribution in [3.63, 3.8) is 0 Å². The minimum Gasteiger partial charge on any atom is -0.339 e. The Kier molecular flexibility index (Phi) is 5.15. The molecule has 17 heavy (non-hydrogen) atoms. The Hall–Kier alpha value is -0.240. The third-order valence-electron chi connectivity index (χ3n) is 4.35. The van der Waals surface area contributed by atoms with Crippen molar-refractivity contribution in [2.45, 2.75) is 63.8 Å². The number of alkyl halides is 1. The molecule has 0 bridgehead atoms. The fourth-order valence-corrected chi connectivity index (χ4v) is 3.24. The van der Waals surface area contributed by atoms with Crippen LogP contribution >= 0.6 is 11.6 Å². The molecule has 0 aromatic carbocycles. The van der Waals surface area contributed by atoms with Gasteiger partial charge in [0, 0.05) is 24.9 Å². The van der Waals surface area contributed by atoms with Gasteiger partial charge in [-0.3, -0.25) is 4.79 Å². The maximum Gasteiger partial charge on any atom is 0.223 e. The Morgan fingerprint density at radius 2 is 1.76 bits per heavy atom. The normalized spacial score (nSPS) is 22.2. The summed E-state index contributed by atoms with van der Waals surface area (Å²) < 4.78 is 0. The van der Waals surface area contributed by atoms with E-state index >= 15 is 0 Å². The average molecular weight is 258 g/mol. The molecule has 0 aromatic rings. The molecule has 0 radical (unpaired) electrons. The second kappa shape index (κ2) is 6.63. The van der Waals surface area contributed by atoms with Gasteiger partial charge in [-0.15, -0.1) is 11.6 Å². The van der Waals surface area contributed by atoms with Crippen LogP contribution in [0.1, 0.15) is 57.8 Å². The minimum atomic E-state index is 0.363. The Morgan fingerprint density at radius 1 is 1.06 bits per heavy atom. The van der Waals surface area contributed by atoms with Crippen LogP contribution in [0.4, 0.5) is 0 Å². The number of carbonyl (C=O) groups excluding carboxylic acids is 1. The monoisotopic (exact) mass is 257 g/mol. The zero-order valence-corrected chi connectivity index (χ0v) is 11.4. The van der Waals surface area contributed by atoms with E-state index in [1.54, 1.807) is 0 Å². The lowest BCUT2D eigenvalue weighted by Gasteiger charge is -2.38. The number of rotatable bonds is 5. The molecule has 2 aliphatic rings. The molecule has 0 atom stereocenters. The fraction of sp³-hybridized carbons (Fsp3) is 0.929. The highest BCUT2D eigenvalue weighted by atomic mass is 35.5. The van der Waals surface area contributed by atoms with E-state index in [2.05, 4.69) is 4.90 Å². The van der Waals surface area contributed by atoms with Crippen LogP contribution in [0.25, 0.3) is 0 Å². The van der Waals surface area contributed by atoms with Gasteiger partial charge in [-0.2, -0.15) is 0 Å². The van der Waals surface area contributed by atoms with Crippen LogP contribution in [0.5, 0.6) is 0 Å². The second-order valence-electron chi connectivity index (χ2n) is 5.57. The van der Waals surface area contributed by atoms with Crippen molar-refractivity contribution in [3.8, 4) is 0 Å². The summed E-state index contributed by atoms with van der Waals surface area (Å²) in [4.78, 5) is 14.4. The van der Waals surface area contributed by atoms with E-state index in [0.717, 1.165) is 13.0 Å². The number of hydrogen-bond donors (Lipinski definition) is 0.